The summed E-state index contributed by atoms with van der Waals surface area (Å²) in [5.74, 6) is 0.512. The normalized spacial score (nSPS) is 30.8. The smallest absolute Gasteiger partial charge is 0.0923 e. The molecule has 0 spiro atoms. The number of hydrogen-bond donors (Lipinski definition) is 1. The van der Waals surface area contributed by atoms with Crippen LogP contribution in [-0.2, 0) is 5.60 Å². The van der Waals surface area contributed by atoms with E-state index in [2.05, 4.69) is 29.2 Å². The number of aliphatic hydroxyl groups is 1. The number of fused-ring (bicyclic) bond motifs is 1. The van der Waals surface area contributed by atoms with E-state index in [1.165, 1.54) is 5.56 Å². The molecule has 2 nitrogen and oxygen atoms in total. The van der Waals surface area contributed by atoms with Crippen molar-refractivity contribution in [1.29, 1.82) is 0 Å². The SMILES string of the molecule is O[C@@]1(c2ccccc2)CCN2C[C@@H](c3ccccc3Cl)CC[C@@H]2C1. The van der Waals surface area contributed by atoms with Crippen molar-refractivity contribution in [2.75, 3.05) is 13.1 Å². The third kappa shape index (κ3) is 2.99. The number of halogens is 1. The topological polar surface area (TPSA) is 23.5 Å². The standard InChI is InChI=1S/C21H24ClNO/c22-20-9-5-4-8-19(20)16-10-11-18-14-21(24,12-13-23(18)15-16)17-6-2-1-3-7-17/h1-9,16,18,24H,10-15H2/t16-,18+,21-/m0/s1. The molecule has 0 saturated carbocycles. The van der Waals surface area contributed by atoms with Gasteiger partial charge in [-0.15, -0.1) is 0 Å². The second kappa shape index (κ2) is 6.51. The van der Waals surface area contributed by atoms with E-state index in [4.69, 9.17) is 11.6 Å². The zero-order valence-corrected chi connectivity index (χ0v) is 14.6. The van der Waals surface area contributed by atoms with E-state index >= 15 is 0 Å². The van der Waals surface area contributed by atoms with Crippen LogP contribution in [0.4, 0.5) is 0 Å². The Morgan fingerprint density at radius 1 is 1.00 bits per heavy atom. The molecular weight excluding hydrogens is 318 g/mol. The Bertz CT molecular complexity index is 704. The molecule has 1 N–H and O–H groups in total. The van der Waals surface area contributed by atoms with Crippen molar-refractivity contribution in [3.63, 3.8) is 0 Å². The maximum atomic E-state index is 11.2. The Balaban J connectivity index is 1.49. The zero-order chi connectivity index (χ0) is 16.6. The molecule has 0 aromatic heterocycles. The fraction of sp³-hybridized carbons (Fsp3) is 0.429. The minimum Gasteiger partial charge on any atom is -0.385 e. The van der Waals surface area contributed by atoms with Crippen LogP contribution in [0.1, 0.15) is 42.7 Å². The maximum absolute atomic E-state index is 11.2. The summed E-state index contributed by atoms with van der Waals surface area (Å²) in [7, 11) is 0. The molecule has 2 fully saturated rings. The van der Waals surface area contributed by atoms with Gasteiger partial charge in [-0.3, -0.25) is 4.90 Å². The van der Waals surface area contributed by atoms with Crippen molar-refractivity contribution in [2.24, 2.45) is 0 Å². The summed E-state index contributed by atoms with van der Waals surface area (Å²) < 4.78 is 0. The average molecular weight is 342 g/mol. The number of hydrogen-bond acceptors (Lipinski definition) is 2. The highest BCUT2D eigenvalue weighted by atomic mass is 35.5. The highest BCUT2D eigenvalue weighted by molar-refractivity contribution is 6.31. The van der Waals surface area contributed by atoms with E-state index < -0.39 is 5.60 Å². The summed E-state index contributed by atoms with van der Waals surface area (Å²) in [5, 5.41) is 12.0. The van der Waals surface area contributed by atoms with Crippen LogP contribution in [0.3, 0.4) is 0 Å². The van der Waals surface area contributed by atoms with Crippen molar-refractivity contribution in [3.05, 3.63) is 70.7 Å². The Hall–Kier alpha value is -1.35. The fourth-order valence-corrected chi connectivity index (χ4v) is 4.79. The average Bonchev–Trinajstić information content (AvgIpc) is 2.62. The van der Waals surface area contributed by atoms with Crippen LogP contribution < -0.4 is 0 Å². The summed E-state index contributed by atoms with van der Waals surface area (Å²) >= 11 is 6.40. The van der Waals surface area contributed by atoms with Crippen LogP contribution in [0.2, 0.25) is 5.02 Å². The maximum Gasteiger partial charge on any atom is 0.0923 e. The molecule has 24 heavy (non-hydrogen) atoms. The molecule has 2 heterocycles. The lowest BCUT2D eigenvalue weighted by Crippen LogP contribution is -2.52. The van der Waals surface area contributed by atoms with Crippen molar-refractivity contribution in [1.82, 2.24) is 4.90 Å². The van der Waals surface area contributed by atoms with Gasteiger partial charge in [-0.25, -0.2) is 0 Å². The van der Waals surface area contributed by atoms with Crippen molar-refractivity contribution in [3.8, 4) is 0 Å². The quantitative estimate of drug-likeness (QED) is 0.865. The van der Waals surface area contributed by atoms with Crippen LogP contribution in [0.25, 0.3) is 0 Å². The molecule has 3 atom stereocenters. The van der Waals surface area contributed by atoms with Gasteiger partial charge < -0.3 is 5.11 Å². The van der Waals surface area contributed by atoms with E-state index in [0.29, 0.717) is 12.0 Å². The molecule has 2 aliphatic rings. The predicted molar refractivity (Wildman–Crippen MR) is 98.4 cm³/mol. The van der Waals surface area contributed by atoms with Gasteiger partial charge in [0.1, 0.15) is 0 Å². The molecule has 2 aromatic rings. The molecule has 2 aromatic carbocycles. The van der Waals surface area contributed by atoms with Gasteiger partial charge in [0.25, 0.3) is 0 Å². The van der Waals surface area contributed by atoms with Gasteiger partial charge in [0.2, 0.25) is 0 Å². The molecule has 0 bridgehead atoms. The fourth-order valence-electron chi connectivity index (χ4n) is 4.50. The lowest BCUT2D eigenvalue weighted by Gasteiger charge is -2.48. The van der Waals surface area contributed by atoms with Crippen LogP contribution in [-0.4, -0.2) is 29.1 Å². The largest absolute Gasteiger partial charge is 0.385 e. The minimum absolute atomic E-state index is 0.475. The van der Waals surface area contributed by atoms with Crippen molar-refractivity contribution in [2.45, 2.75) is 43.2 Å². The number of nitrogens with zero attached hydrogens (tertiary/aromatic N) is 1. The molecule has 126 valence electrons. The third-order valence-corrected chi connectivity index (χ3v) is 6.21. The second-order valence-corrected chi connectivity index (χ2v) is 7.70. The molecule has 0 amide bonds. The highest BCUT2D eigenvalue weighted by Crippen LogP contribution is 2.42. The van der Waals surface area contributed by atoms with Gasteiger partial charge >= 0.3 is 0 Å². The van der Waals surface area contributed by atoms with Gasteiger partial charge in [0.15, 0.2) is 0 Å². The molecular formula is C21H24ClNO. The van der Waals surface area contributed by atoms with Gasteiger partial charge in [-0.2, -0.15) is 0 Å². The zero-order valence-electron chi connectivity index (χ0n) is 13.9. The van der Waals surface area contributed by atoms with Gasteiger partial charge in [-0.1, -0.05) is 60.1 Å². The first kappa shape index (κ1) is 16.1. The Kier molecular flexibility index (Phi) is 4.38. The van der Waals surface area contributed by atoms with Crippen molar-refractivity contribution < 1.29 is 5.11 Å². The van der Waals surface area contributed by atoms with E-state index in [9.17, 15) is 5.11 Å². The second-order valence-electron chi connectivity index (χ2n) is 7.30. The molecule has 0 aliphatic carbocycles. The van der Waals surface area contributed by atoms with E-state index in [-0.39, 0.29) is 0 Å². The van der Waals surface area contributed by atoms with Gasteiger partial charge in [-0.05, 0) is 48.8 Å². The lowest BCUT2D eigenvalue weighted by atomic mass is 9.76. The predicted octanol–water partition coefficient (Wildman–Crippen LogP) is 4.57. The summed E-state index contributed by atoms with van der Waals surface area (Å²) in [6.07, 6.45) is 3.93. The molecule has 2 aliphatic heterocycles. The minimum atomic E-state index is -0.667. The first-order chi connectivity index (χ1) is 11.7. The monoisotopic (exact) mass is 341 g/mol. The lowest BCUT2D eigenvalue weighted by molar-refractivity contribution is -0.0639. The Labute approximate surface area is 149 Å². The first-order valence-electron chi connectivity index (χ1n) is 8.92. The summed E-state index contributed by atoms with van der Waals surface area (Å²) in [6.45, 7) is 2.01. The van der Waals surface area contributed by atoms with Gasteiger partial charge in [0, 0.05) is 24.2 Å². The van der Waals surface area contributed by atoms with Crippen LogP contribution >= 0.6 is 11.6 Å². The highest BCUT2D eigenvalue weighted by Gasteiger charge is 2.42. The molecule has 3 heteroatoms. The molecule has 2 saturated heterocycles. The number of benzene rings is 2. The Morgan fingerprint density at radius 2 is 1.75 bits per heavy atom. The van der Waals surface area contributed by atoms with E-state index in [0.717, 1.165) is 49.4 Å². The van der Waals surface area contributed by atoms with Crippen LogP contribution in [0.5, 0.6) is 0 Å². The molecule has 0 unspecified atom stereocenters. The summed E-state index contributed by atoms with van der Waals surface area (Å²) in [4.78, 5) is 2.56. The summed E-state index contributed by atoms with van der Waals surface area (Å²) in [6, 6.07) is 18.9. The van der Waals surface area contributed by atoms with Gasteiger partial charge in [0.05, 0.1) is 5.60 Å². The molecule has 4 rings (SSSR count). The van der Waals surface area contributed by atoms with E-state index in [1.54, 1.807) is 0 Å². The number of piperidine rings is 2. The van der Waals surface area contributed by atoms with Crippen LogP contribution in [0, 0.1) is 0 Å². The Morgan fingerprint density at radius 3 is 2.54 bits per heavy atom. The van der Waals surface area contributed by atoms with Crippen molar-refractivity contribution >= 4 is 11.6 Å². The third-order valence-electron chi connectivity index (χ3n) is 5.86. The first-order valence-corrected chi connectivity index (χ1v) is 9.30. The summed E-state index contributed by atoms with van der Waals surface area (Å²) in [5.41, 5.74) is 1.68. The molecule has 0 radical (unpaired) electrons. The van der Waals surface area contributed by atoms with Crippen LogP contribution in [0.15, 0.2) is 54.6 Å². The van der Waals surface area contributed by atoms with E-state index in [1.807, 2.05) is 30.3 Å². The number of rotatable bonds is 2.